The van der Waals surface area contributed by atoms with Gasteiger partial charge < -0.3 is 4.43 Å². The van der Waals surface area contributed by atoms with E-state index in [2.05, 4.69) is 41.5 Å². The zero-order valence-electron chi connectivity index (χ0n) is 13.7. The minimum absolute atomic E-state index is 0.441. The van der Waals surface area contributed by atoms with Crippen molar-refractivity contribution in [2.45, 2.75) is 83.8 Å². The SMILES string of the molecule is CC(C)[Si](OCC1CCC(=O)CC1)(C(C)C)C(C)C. The molecule has 112 valence electrons. The van der Waals surface area contributed by atoms with Gasteiger partial charge in [-0.1, -0.05) is 41.5 Å². The summed E-state index contributed by atoms with van der Waals surface area (Å²) < 4.78 is 6.62. The smallest absolute Gasteiger partial charge is 0.200 e. The van der Waals surface area contributed by atoms with E-state index in [9.17, 15) is 4.79 Å². The predicted molar refractivity (Wildman–Crippen MR) is 84.0 cm³/mol. The molecular formula is C16H32O2Si. The van der Waals surface area contributed by atoms with Crippen LogP contribution in [0.5, 0.6) is 0 Å². The van der Waals surface area contributed by atoms with Crippen LogP contribution in [0.25, 0.3) is 0 Å². The summed E-state index contributed by atoms with van der Waals surface area (Å²) in [4.78, 5) is 11.3. The van der Waals surface area contributed by atoms with Crippen LogP contribution < -0.4 is 0 Å². The quantitative estimate of drug-likeness (QED) is 0.646. The Morgan fingerprint density at radius 2 is 1.42 bits per heavy atom. The van der Waals surface area contributed by atoms with E-state index >= 15 is 0 Å². The Kier molecular flexibility index (Phi) is 6.25. The first-order valence-electron chi connectivity index (χ1n) is 7.96. The lowest BCUT2D eigenvalue weighted by atomic mass is 9.89. The van der Waals surface area contributed by atoms with Crippen molar-refractivity contribution in [3.63, 3.8) is 0 Å². The van der Waals surface area contributed by atoms with E-state index in [1.54, 1.807) is 0 Å². The molecule has 1 rings (SSSR count). The molecule has 1 saturated carbocycles. The molecule has 0 radical (unpaired) electrons. The molecule has 3 heteroatoms. The molecule has 0 amide bonds. The van der Waals surface area contributed by atoms with Gasteiger partial charge in [-0.25, -0.2) is 0 Å². The zero-order chi connectivity index (χ0) is 14.6. The number of rotatable bonds is 6. The van der Waals surface area contributed by atoms with Gasteiger partial charge in [0.1, 0.15) is 5.78 Å². The number of hydrogen-bond acceptors (Lipinski definition) is 2. The van der Waals surface area contributed by atoms with Crippen LogP contribution in [0.2, 0.25) is 16.6 Å². The summed E-state index contributed by atoms with van der Waals surface area (Å²) in [5.41, 5.74) is 1.95. The summed E-state index contributed by atoms with van der Waals surface area (Å²) in [5, 5.41) is 0. The molecular weight excluding hydrogens is 252 g/mol. The van der Waals surface area contributed by atoms with Crippen LogP contribution in [-0.4, -0.2) is 20.7 Å². The van der Waals surface area contributed by atoms with Crippen LogP contribution in [0, 0.1) is 5.92 Å². The van der Waals surface area contributed by atoms with Crippen molar-refractivity contribution < 1.29 is 9.22 Å². The van der Waals surface area contributed by atoms with Gasteiger partial charge in [0.25, 0.3) is 0 Å². The normalized spacial score (nSPS) is 18.9. The van der Waals surface area contributed by atoms with Crippen LogP contribution in [0.4, 0.5) is 0 Å². The van der Waals surface area contributed by atoms with Gasteiger partial charge in [-0.3, -0.25) is 4.79 Å². The highest BCUT2D eigenvalue weighted by atomic mass is 28.4. The summed E-state index contributed by atoms with van der Waals surface area (Å²) in [6, 6.07) is 0. The third kappa shape index (κ3) is 3.91. The minimum atomic E-state index is -1.71. The van der Waals surface area contributed by atoms with Gasteiger partial charge in [0.15, 0.2) is 8.32 Å². The molecule has 0 aromatic carbocycles. The van der Waals surface area contributed by atoms with E-state index in [0.717, 1.165) is 32.3 Å². The van der Waals surface area contributed by atoms with Crippen molar-refractivity contribution in [1.82, 2.24) is 0 Å². The lowest BCUT2D eigenvalue weighted by Gasteiger charge is -2.43. The Balaban J connectivity index is 2.65. The Morgan fingerprint density at radius 3 is 1.79 bits per heavy atom. The van der Waals surface area contributed by atoms with Gasteiger partial charge >= 0.3 is 0 Å². The zero-order valence-corrected chi connectivity index (χ0v) is 14.7. The summed E-state index contributed by atoms with van der Waals surface area (Å²) in [5.74, 6) is 1.05. The second-order valence-electron chi connectivity index (χ2n) is 7.11. The Bertz CT molecular complexity index is 265. The maximum absolute atomic E-state index is 11.3. The first-order valence-corrected chi connectivity index (χ1v) is 10.1. The largest absolute Gasteiger partial charge is 0.416 e. The van der Waals surface area contributed by atoms with Crippen LogP contribution in [-0.2, 0) is 9.22 Å². The fraction of sp³-hybridized carbons (Fsp3) is 0.938. The van der Waals surface area contributed by atoms with Crippen LogP contribution in [0.1, 0.15) is 67.2 Å². The molecule has 0 aromatic rings. The monoisotopic (exact) mass is 284 g/mol. The molecule has 0 aromatic heterocycles. The van der Waals surface area contributed by atoms with Gasteiger partial charge in [0, 0.05) is 19.4 Å². The number of Topliss-reactive ketones (excluding diaryl/α,β-unsaturated/α-hetero) is 1. The maximum atomic E-state index is 11.3. The van der Waals surface area contributed by atoms with E-state index in [0.29, 0.717) is 28.3 Å². The summed E-state index contributed by atoms with van der Waals surface area (Å²) >= 11 is 0. The molecule has 0 aliphatic heterocycles. The highest BCUT2D eigenvalue weighted by Crippen LogP contribution is 2.42. The number of carbonyl (C=O) groups excluding carboxylic acids is 1. The van der Waals surface area contributed by atoms with E-state index < -0.39 is 8.32 Å². The van der Waals surface area contributed by atoms with Gasteiger partial charge in [0.05, 0.1) is 0 Å². The molecule has 0 bridgehead atoms. The Hall–Kier alpha value is -0.153. The minimum Gasteiger partial charge on any atom is -0.416 e. The highest BCUT2D eigenvalue weighted by Gasteiger charge is 2.45. The van der Waals surface area contributed by atoms with Crippen molar-refractivity contribution in [3.8, 4) is 0 Å². The number of ketones is 1. The highest BCUT2D eigenvalue weighted by molar-refractivity contribution is 6.77. The van der Waals surface area contributed by atoms with Gasteiger partial charge in [-0.05, 0) is 35.4 Å². The maximum Gasteiger partial charge on any atom is 0.200 e. The molecule has 1 aliphatic carbocycles. The van der Waals surface area contributed by atoms with Crippen molar-refractivity contribution in [2.24, 2.45) is 5.92 Å². The molecule has 0 spiro atoms. The van der Waals surface area contributed by atoms with Gasteiger partial charge in [-0.2, -0.15) is 0 Å². The summed E-state index contributed by atoms with van der Waals surface area (Å²) in [6.45, 7) is 14.9. The third-order valence-electron chi connectivity index (χ3n) is 4.94. The molecule has 0 N–H and O–H groups in total. The van der Waals surface area contributed by atoms with Crippen LogP contribution >= 0.6 is 0 Å². The van der Waals surface area contributed by atoms with Crippen molar-refractivity contribution >= 4 is 14.1 Å². The van der Waals surface area contributed by atoms with Crippen LogP contribution in [0.3, 0.4) is 0 Å². The molecule has 0 heterocycles. The van der Waals surface area contributed by atoms with E-state index in [1.807, 2.05) is 0 Å². The van der Waals surface area contributed by atoms with Crippen molar-refractivity contribution in [3.05, 3.63) is 0 Å². The standard InChI is InChI=1S/C16H32O2Si/c1-12(2)19(13(3)4,14(5)6)18-11-15-7-9-16(17)10-8-15/h12-15H,7-11H2,1-6H3. The Labute approximate surface area is 120 Å². The molecule has 1 fully saturated rings. The summed E-state index contributed by atoms with van der Waals surface area (Å²) in [7, 11) is -1.71. The Morgan fingerprint density at radius 1 is 1.00 bits per heavy atom. The third-order valence-corrected chi connectivity index (χ3v) is 11.0. The van der Waals surface area contributed by atoms with E-state index in [4.69, 9.17) is 4.43 Å². The lowest BCUT2D eigenvalue weighted by molar-refractivity contribution is -0.121. The second kappa shape index (κ2) is 7.03. The van der Waals surface area contributed by atoms with Crippen molar-refractivity contribution in [1.29, 1.82) is 0 Å². The average molecular weight is 285 g/mol. The second-order valence-corrected chi connectivity index (χ2v) is 12.6. The van der Waals surface area contributed by atoms with Crippen molar-refractivity contribution in [2.75, 3.05) is 6.61 Å². The molecule has 2 nitrogen and oxygen atoms in total. The predicted octanol–water partition coefficient (Wildman–Crippen LogP) is 4.94. The average Bonchev–Trinajstić information content (AvgIpc) is 2.30. The molecule has 0 saturated heterocycles. The molecule has 0 atom stereocenters. The number of carbonyl (C=O) groups is 1. The lowest BCUT2D eigenvalue weighted by Crippen LogP contribution is -2.48. The first-order chi connectivity index (χ1) is 8.80. The van der Waals surface area contributed by atoms with E-state index in [-0.39, 0.29) is 0 Å². The topological polar surface area (TPSA) is 26.3 Å². The van der Waals surface area contributed by atoms with Gasteiger partial charge in [0.2, 0.25) is 0 Å². The number of hydrogen-bond donors (Lipinski definition) is 0. The van der Waals surface area contributed by atoms with Gasteiger partial charge in [-0.15, -0.1) is 0 Å². The fourth-order valence-corrected chi connectivity index (χ4v) is 9.45. The van der Waals surface area contributed by atoms with Crippen LogP contribution in [0.15, 0.2) is 0 Å². The summed E-state index contributed by atoms with van der Waals surface area (Å²) in [6.07, 6.45) is 3.62. The first kappa shape index (κ1) is 16.9. The molecule has 19 heavy (non-hydrogen) atoms. The molecule has 0 unspecified atom stereocenters. The van der Waals surface area contributed by atoms with E-state index in [1.165, 1.54) is 0 Å². The molecule has 1 aliphatic rings. The fourth-order valence-electron chi connectivity index (χ4n) is 3.93.